The molecule has 100 valence electrons. The van der Waals surface area contributed by atoms with Gasteiger partial charge in [0.15, 0.2) is 0 Å². The van der Waals surface area contributed by atoms with Crippen LogP contribution in [0.4, 0.5) is 0 Å². The van der Waals surface area contributed by atoms with Crippen LogP contribution in [0.15, 0.2) is 46.9 Å². The van der Waals surface area contributed by atoms with Crippen molar-refractivity contribution in [2.75, 3.05) is 0 Å². The number of aryl methyl sites for hydroxylation is 1. The first-order chi connectivity index (χ1) is 9.63. The lowest BCUT2D eigenvalue weighted by atomic mass is 10.3. The third-order valence-corrected chi connectivity index (χ3v) is 3.61. The maximum Gasteiger partial charge on any atom is 0.241 e. The minimum Gasteiger partial charge on any atom is -0.436 e. The van der Waals surface area contributed by atoms with Crippen molar-refractivity contribution < 1.29 is 4.74 Å². The molecule has 1 aromatic heterocycles. The largest absolute Gasteiger partial charge is 0.436 e. The summed E-state index contributed by atoms with van der Waals surface area (Å²) in [4.78, 5) is 8.96. The second kappa shape index (κ2) is 5.38. The summed E-state index contributed by atoms with van der Waals surface area (Å²) in [6.07, 6.45) is 0. The Morgan fingerprint density at radius 1 is 1.05 bits per heavy atom. The highest BCUT2D eigenvalue weighted by Gasteiger charge is 2.10. The smallest absolute Gasteiger partial charge is 0.241 e. The molecule has 0 saturated heterocycles. The molecule has 0 unspecified atom stereocenters. The molecule has 3 nitrogen and oxygen atoms in total. The zero-order valence-corrected chi connectivity index (χ0v) is 12.9. The highest BCUT2D eigenvalue weighted by atomic mass is 79.9. The first-order valence-electron chi connectivity index (χ1n) is 6.00. The first kappa shape index (κ1) is 13.3. The second-order valence-corrected chi connectivity index (χ2v) is 5.60. The SMILES string of the molecule is Cc1nc2ccccc2nc1Oc1cc(Br)ccc1Cl. The van der Waals surface area contributed by atoms with Crippen LogP contribution < -0.4 is 4.74 Å². The summed E-state index contributed by atoms with van der Waals surface area (Å²) in [5.74, 6) is 1.01. The van der Waals surface area contributed by atoms with Crippen molar-refractivity contribution >= 4 is 38.6 Å². The summed E-state index contributed by atoms with van der Waals surface area (Å²) in [5.41, 5.74) is 2.36. The van der Waals surface area contributed by atoms with E-state index < -0.39 is 0 Å². The summed E-state index contributed by atoms with van der Waals surface area (Å²) in [6.45, 7) is 1.86. The fourth-order valence-electron chi connectivity index (χ4n) is 1.83. The van der Waals surface area contributed by atoms with Gasteiger partial charge in [-0.1, -0.05) is 39.7 Å². The summed E-state index contributed by atoms with van der Waals surface area (Å²) in [7, 11) is 0. The molecule has 0 atom stereocenters. The van der Waals surface area contributed by atoms with Crippen LogP contribution in [0, 0.1) is 6.92 Å². The maximum absolute atomic E-state index is 6.12. The number of hydrogen-bond acceptors (Lipinski definition) is 3. The zero-order valence-electron chi connectivity index (χ0n) is 10.6. The fourth-order valence-corrected chi connectivity index (χ4v) is 2.32. The van der Waals surface area contributed by atoms with E-state index in [2.05, 4.69) is 25.9 Å². The van der Waals surface area contributed by atoms with Gasteiger partial charge in [0.1, 0.15) is 11.4 Å². The van der Waals surface area contributed by atoms with Gasteiger partial charge in [0.2, 0.25) is 5.88 Å². The molecule has 0 spiro atoms. The van der Waals surface area contributed by atoms with Crippen molar-refractivity contribution in [1.29, 1.82) is 0 Å². The van der Waals surface area contributed by atoms with Crippen molar-refractivity contribution in [2.24, 2.45) is 0 Å². The van der Waals surface area contributed by atoms with Crippen LogP contribution >= 0.6 is 27.5 Å². The highest BCUT2D eigenvalue weighted by Crippen LogP contribution is 2.32. The Morgan fingerprint density at radius 3 is 2.50 bits per heavy atom. The molecule has 0 saturated carbocycles. The number of benzene rings is 2. The van der Waals surface area contributed by atoms with Gasteiger partial charge in [-0.25, -0.2) is 9.97 Å². The van der Waals surface area contributed by atoms with E-state index in [1.54, 1.807) is 12.1 Å². The lowest BCUT2D eigenvalue weighted by molar-refractivity contribution is 0.458. The van der Waals surface area contributed by atoms with Crippen LogP contribution in [-0.4, -0.2) is 9.97 Å². The summed E-state index contributed by atoms with van der Waals surface area (Å²) < 4.78 is 6.69. The minimum absolute atomic E-state index is 0.462. The number of nitrogens with zero attached hydrogens (tertiary/aromatic N) is 2. The summed E-state index contributed by atoms with van der Waals surface area (Å²) >= 11 is 9.52. The van der Waals surface area contributed by atoms with Crippen LogP contribution in [0.1, 0.15) is 5.69 Å². The lowest BCUT2D eigenvalue weighted by Gasteiger charge is -2.10. The second-order valence-electron chi connectivity index (χ2n) is 4.28. The van der Waals surface area contributed by atoms with Crippen LogP contribution in [0.2, 0.25) is 5.02 Å². The van der Waals surface area contributed by atoms with Gasteiger partial charge >= 0.3 is 0 Å². The number of para-hydroxylation sites is 2. The van der Waals surface area contributed by atoms with E-state index in [-0.39, 0.29) is 0 Å². The number of rotatable bonds is 2. The third kappa shape index (κ3) is 2.62. The van der Waals surface area contributed by atoms with E-state index in [9.17, 15) is 0 Å². The van der Waals surface area contributed by atoms with Crippen LogP contribution in [0.5, 0.6) is 11.6 Å². The van der Waals surface area contributed by atoms with Gasteiger partial charge < -0.3 is 4.74 Å². The Bertz CT molecular complexity index is 792. The fraction of sp³-hybridized carbons (Fsp3) is 0.0667. The van der Waals surface area contributed by atoms with Crippen LogP contribution in [0.25, 0.3) is 11.0 Å². The Kier molecular flexibility index (Phi) is 3.59. The van der Waals surface area contributed by atoms with Crippen LogP contribution in [0.3, 0.4) is 0 Å². The highest BCUT2D eigenvalue weighted by molar-refractivity contribution is 9.10. The Hall–Kier alpha value is -1.65. The Labute approximate surface area is 129 Å². The Balaban J connectivity index is 2.06. The van der Waals surface area contributed by atoms with Gasteiger partial charge in [-0.2, -0.15) is 0 Å². The number of hydrogen-bond donors (Lipinski definition) is 0. The summed E-state index contributed by atoms with van der Waals surface area (Å²) in [5, 5.41) is 0.530. The molecule has 1 heterocycles. The molecular weight excluding hydrogens is 340 g/mol. The molecule has 5 heteroatoms. The summed E-state index contributed by atoms with van der Waals surface area (Å²) in [6, 6.07) is 13.1. The molecule has 0 bridgehead atoms. The molecule has 0 aliphatic heterocycles. The zero-order chi connectivity index (χ0) is 14.1. The monoisotopic (exact) mass is 348 g/mol. The van der Waals surface area contributed by atoms with E-state index in [1.807, 2.05) is 37.3 Å². The van der Waals surface area contributed by atoms with Crippen molar-refractivity contribution in [3.05, 3.63) is 57.7 Å². The molecule has 0 N–H and O–H groups in total. The van der Waals surface area contributed by atoms with E-state index in [4.69, 9.17) is 16.3 Å². The molecule has 0 radical (unpaired) electrons. The predicted molar refractivity (Wildman–Crippen MR) is 83.5 cm³/mol. The topological polar surface area (TPSA) is 35.0 Å². The van der Waals surface area contributed by atoms with Gasteiger partial charge in [-0.3, -0.25) is 0 Å². The predicted octanol–water partition coefficient (Wildman–Crippen LogP) is 5.15. The van der Waals surface area contributed by atoms with Crippen molar-refractivity contribution in [3.8, 4) is 11.6 Å². The molecule has 20 heavy (non-hydrogen) atoms. The Morgan fingerprint density at radius 2 is 1.75 bits per heavy atom. The van der Waals surface area contributed by atoms with E-state index in [0.29, 0.717) is 16.7 Å². The quantitative estimate of drug-likeness (QED) is 0.642. The average Bonchev–Trinajstić information content (AvgIpc) is 2.43. The van der Waals surface area contributed by atoms with Gasteiger partial charge in [0.05, 0.1) is 16.1 Å². The molecule has 0 aliphatic rings. The molecular formula is C15H10BrClN2O. The molecule has 3 rings (SSSR count). The third-order valence-electron chi connectivity index (χ3n) is 2.80. The number of fused-ring (bicyclic) bond motifs is 1. The van der Waals surface area contributed by atoms with Gasteiger partial charge in [0.25, 0.3) is 0 Å². The van der Waals surface area contributed by atoms with Crippen molar-refractivity contribution in [3.63, 3.8) is 0 Å². The molecule has 3 aromatic rings. The lowest BCUT2D eigenvalue weighted by Crippen LogP contribution is -1.96. The number of halogens is 2. The molecule has 0 fully saturated rings. The van der Waals surface area contributed by atoms with E-state index in [0.717, 1.165) is 21.2 Å². The normalized spacial score (nSPS) is 10.8. The van der Waals surface area contributed by atoms with Crippen molar-refractivity contribution in [2.45, 2.75) is 6.92 Å². The number of ether oxygens (including phenoxy) is 1. The van der Waals surface area contributed by atoms with Crippen molar-refractivity contribution in [1.82, 2.24) is 9.97 Å². The first-order valence-corrected chi connectivity index (χ1v) is 7.17. The molecule has 2 aromatic carbocycles. The van der Waals surface area contributed by atoms with E-state index in [1.165, 1.54) is 0 Å². The van der Waals surface area contributed by atoms with Gasteiger partial charge in [0, 0.05) is 4.47 Å². The molecule has 0 amide bonds. The number of aromatic nitrogens is 2. The van der Waals surface area contributed by atoms with Crippen LogP contribution in [-0.2, 0) is 0 Å². The average molecular weight is 350 g/mol. The van der Waals surface area contributed by atoms with E-state index >= 15 is 0 Å². The maximum atomic E-state index is 6.12. The van der Waals surface area contributed by atoms with Gasteiger partial charge in [-0.05, 0) is 37.3 Å². The standard InChI is InChI=1S/C15H10BrClN2O/c1-9-15(19-13-5-3-2-4-12(13)18-9)20-14-8-10(16)6-7-11(14)17/h2-8H,1H3. The van der Waals surface area contributed by atoms with Gasteiger partial charge in [-0.15, -0.1) is 0 Å². The minimum atomic E-state index is 0.462. The molecule has 0 aliphatic carbocycles.